The Morgan fingerprint density at radius 3 is 2.13 bits per heavy atom. The summed E-state index contributed by atoms with van der Waals surface area (Å²) in [5.41, 5.74) is 3.33. The largest absolute Gasteiger partial charge is 0.348 e. The van der Waals surface area contributed by atoms with Crippen LogP contribution in [0.3, 0.4) is 0 Å². The van der Waals surface area contributed by atoms with Gasteiger partial charge in [0.15, 0.2) is 0 Å². The zero-order valence-electron chi connectivity index (χ0n) is 17.7. The van der Waals surface area contributed by atoms with Gasteiger partial charge in [0.05, 0.1) is 16.6 Å². The van der Waals surface area contributed by atoms with Crippen LogP contribution in [0, 0.1) is 13.8 Å². The fourth-order valence-corrected chi connectivity index (χ4v) is 4.74. The number of benzene rings is 3. The Kier molecular flexibility index (Phi) is 7.03. The summed E-state index contributed by atoms with van der Waals surface area (Å²) in [5, 5.41) is 3.27. The molecule has 0 aliphatic heterocycles. The van der Waals surface area contributed by atoms with Crippen molar-refractivity contribution in [3.05, 3.63) is 94.5 Å². The standard InChI is InChI=1S/C24H25ClN2O3S/c1-17-7-11-20(12-8-17)19(3)26-24(28)16-27(22-6-4-5-21(25)15-22)31(29,30)23-13-9-18(2)10-14-23/h4-15,19H,16H2,1-3H3,(H,26,28)/t19-/m1/s1. The number of carbonyl (C=O) groups excluding carboxylic acids is 1. The molecule has 0 aliphatic rings. The predicted octanol–water partition coefficient (Wildman–Crippen LogP) is 5.03. The number of carbonyl (C=O) groups is 1. The Bertz CT molecular complexity index is 1160. The first kappa shape index (κ1) is 22.8. The van der Waals surface area contributed by atoms with Crippen molar-refractivity contribution in [3.8, 4) is 0 Å². The van der Waals surface area contributed by atoms with E-state index in [1.54, 1.807) is 30.3 Å². The van der Waals surface area contributed by atoms with Gasteiger partial charge in [-0.05, 0) is 56.7 Å². The second-order valence-corrected chi connectivity index (χ2v) is 9.80. The van der Waals surface area contributed by atoms with Crippen LogP contribution >= 0.6 is 11.6 Å². The highest BCUT2D eigenvalue weighted by molar-refractivity contribution is 7.92. The minimum Gasteiger partial charge on any atom is -0.348 e. The van der Waals surface area contributed by atoms with Gasteiger partial charge in [-0.3, -0.25) is 9.10 Å². The van der Waals surface area contributed by atoms with Gasteiger partial charge in [-0.2, -0.15) is 0 Å². The predicted molar refractivity (Wildman–Crippen MR) is 125 cm³/mol. The fourth-order valence-electron chi connectivity index (χ4n) is 3.14. The van der Waals surface area contributed by atoms with Crippen molar-refractivity contribution in [2.45, 2.75) is 31.7 Å². The Hall–Kier alpha value is -2.83. The molecule has 7 heteroatoms. The third kappa shape index (κ3) is 5.66. The van der Waals surface area contributed by atoms with E-state index in [1.165, 1.54) is 18.2 Å². The van der Waals surface area contributed by atoms with Crippen LogP contribution < -0.4 is 9.62 Å². The van der Waals surface area contributed by atoms with Crippen molar-refractivity contribution >= 4 is 33.2 Å². The van der Waals surface area contributed by atoms with Crippen molar-refractivity contribution < 1.29 is 13.2 Å². The van der Waals surface area contributed by atoms with E-state index < -0.39 is 15.9 Å². The highest BCUT2D eigenvalue weighted by atomic mass is 35.5. The average Bonchev–Trinajstić information content (AvgIpc) is 2.72. The summed E-state index contributed by atoms with van der Waals surface area (Å²) in [7, 11) is -3.97. The number of hydrogen-bond donors (Lipinski definition) is 1. The number of rotatable bonds is 7. The zero-order valence-corrected chi connectivity index (χ0v) is 19.2. The molecule has 0 radical (unpaired) electrons. The van der Waals surface area contributed by atoms with E-state index in [-0.39, 0.29) is 17.5 Å². The van der Waals surface area contributed by atoms with Crippen LogP contribution in [0.25, 0.3) is 0 Å². The van der Waals surface area contributed by atoms with Gasteiger partial charge in [-0.1, -0.05) is 65.2 Å². The third-order valence-corrected chi connectivity index (χ3v) is 6.97. The second-order valence-electron chi connectivity index (χ2n) is 7.50. The summed E-state index contributed by atoms with van der Waals surface area (Å²) in [6.07, 6.45) is 0. The van der Waals surface area contributed by atoms with Crippen LogP contribution in [-0.4, -0.2) is 20.9 Å². The van der Waals surface area contributed by atoms with E-state index in [9.17, 15) is 13.2 Å². The number of aryl methyl sites for hydroxylation is 2. The number of nitrogens with one attached hydrogen (secondary N) is 1. The Morgan fingerprint density at radius 1 is 0.968 bits per heavy atom. The summed E-state index contributed by atoms with van der Waals surface area (Å²) in [5.74, 6) is -0.413. The summed E-state index contributed by atoms with van der Waals surface area (Å²) < 4.78 is 27.9. The first-order valence-corrected chi connectivity index (χ1v) is 11.7. The third-order valence-electron chi connectivity index (χ3n) is 4.95. The molecular weight excluding hydrogens is 432 g/mol. The topological polar surface area (TPSA) is 66.5 Å². The highest BCUT2D eigenvalue weighted by Gasteiger charge is 2.28. The van der Waals surface area contributed by atoms with E-state index in [4.69, 9.17) is 11.6 Å². The minimum absolute atomic E-state index is 0.109. The molecule has 1 amide bonds. The Morgan fingerprint density at radius 2 is 1.55 bits per heavy atom. The van der Waals surface area contributed by atoms with Crippen molar-refractivity contribution in [3.63, 3.8) is 0 Å². The summed E-state index contributed by atoms with van der Waals surface area (Å²) in [6, 6.07) is 20.5. The van der Waals surface area contributed by atoms with Crippen LogP contribution in [0.1, 0.15) is 29.7 Å². The van der Waals surface area contributed by atoms with E-state index in [1.807, 2.05) is 45.0 Å². The molecule has 3 rings (SSSR count). The second kappa shape index (κ2) is 9.54. The Balaban J connectivity index is 1.89. The minimum atomic E-state index is -3.97. The lowest BCUT2D eigenvalue weighted by atomic mass is 10.1. The van der Waals surface area contributed by atoms with Gasteiger partial charge < -0.3 is 5.32 Å². The van der Waals surface area contributed by atoms with Crippen molar-refractivity contribution in [1.82, 2.24) is 5.32 Å². The number of anilines is 1. The maximum atomic E-state index is 13.4. The van der Waals surface area contributed by atoms with E-state index >= 15 is 0 Å². The van der Waals surface area contributed by atoms with Gasteiger partial charge in [0.1, 0.15) is 6.54 Å². The molecule has 0 heterocycles. The van der Waals surface area contributed by atoms with E-state index in [0.717, 1.165) is 21.0 Å². The van der Waals surface area contributed by atoms with E-state index in [0.29, 0.717) is 10.7 Å². The molecule has 162 valence electrons. The molecule has 1 atom stereocenters. The number of nitrogens with zero attached hydrogens (tertiary/aromatic N) is 1. The smallest absolute Gasteiger partial charge is 0.264 e. The van der Waals surface area contributed by atoms with Gasteiger partial charge in [-0.15, -0.1) is 0 Å². The maximum absolute atomic E-state index is 13.4. The molecule has 0 fully saturated rings. The number of sulfonamides is 1. The number of amides is 1. The van der Waals surface area contributed by atoms with Gasteiger partial charge >= 0.3 is 0 Å². The molecule has 1 N–H and O–H groups in total. The first-order chi connectivity index (χ1) is 14.7. The molecule has 0 spiro atoms. The molecule has 0 bridgehead atoms. The van der Waals surface area contributed by atoms with Crippen molar-refractivity contribution in [2.75, 3.05) is 10.8 Å². The summed E-state index contributed by atoms with van der Waals surface area (Å²) >= 11 is 6.10. The lowest BCUT2D eigenvalue weighted by Crippen LogP contribution is -2.41. The molecule has 0 aliphatic carbocycles. The van der Waals surface area contributed by atoms with Crippen LogP contribution in [0.15, 0.2) is 77.7 Å². The van der Waals surface area contributed by atoms with Crippen molar-refractivity contribution in [1.29, 1.82) is 0 Å². The molecule has 3 aromatic carbocycles. The fraction of sp³-hybridized carbons (Fsp3) is 0.208. The monoisotopic (exact) mass is 456 g/mol. The number of hydrogen-bond acceptors (Lipinski definition) is 3. The summed E-state index contributed by atoms with van der Waals surface area (Å²) in [4.78, 5) is 13.0. The summed E-state index contributed by atoms with van der Waals surface area (Å²) in [6.45, 7) is 5.37. The molecule has 31 heavy (non-hydrogen) atoms. The quantitative estimate of drug-likeness (QED) is 0.542. The lowest BCUT2D eigenvalue weighted by molar-refractivity contribution is -0.120. The lowest BCUT2D eigenvalue weighted by Gasteiger charge is -2.25. The zero-order chi connectivity index (χ0) is 22.6. The van der Waals surface area contributed by atoms with Crippen molar-refractivity contribution in [2.24, 2.45) is 0 Å². The van der Waals surface area contributed by atoms with Gasteiger partial charge in [0.25, 0.3) is 10.0 Å². The van der Waals surface area contributed by atoms with Crippen LogP contribution in [0.2, 0.25) is 5.02 Å². The molecule has 0 aromatic heterocycles. The maximum Gasteiger partial charge on any atom is 0.264 e. The molecule has 0 saturated heterocycles. The highest BCUT2D eigenvalue weighted by Crippen LogP contribution is 2.26. The molecule has 3 aromatic rings. The molecule has 5 nitrogen and oxygen atoms in total. The first-order valence-electron chi connectivity index (χ1n) is 9.88. The number of halogens is 1. The van der Waals surface area contributed by atoms with Crippen LogP contribution in [0.4, 0.5) is 5.69 Å². The Labute approximate surface area is 188 Å². The van der Waals surface area contributed by atoms with Crippen LogP contribution in [0.5, 0.6) is 0 Å². The SMILES string of the molecule is Cc1ccc([C@@H](C)NC(=O)CN(c2cccc(Cl)c2)S(=O)(=O)c2ccc(C)cc2)cc1. The average molecular weight is 457 g/mol. The molecule has 0 unspecified atom stereocenters. The van der Waals surface area contributed by atoms with Gasteiger partial charge in [0.2, 0.25) is 5.91 Å². The van der Waals surface area contributed by atoms with Gasteiger partial charge in [-0.25, -0.2) is 8.42 Å². The van der Waals surface area contributed by atoms with Gasteiger partial charge in [0, 0.05) is 5.02 Å². The molecular formula is C24H25ClN2O3S. The van der Waals surface area contributed by atoms with Crippen LogP contribution in [-0.2, 0) is 14.8 Å². The molecule has 0 saturated carbocycles. The normalized spacial score (nSPS) is 12.3. The van der Waals surface area contributed by atoms with E-state index in [2.05, 4.69) is 5.32 Å².